The number of nitrogens with one attached hydrogen (secondary N) is 2. The number of sulfone groups is 1. The first-order chi connectivity index (χ1) is 16.4. The van der Waals surface area contributed by atoms with Crippen molar-refractivity contribution in [3.63, 3.8) is 0 Å². The molecule has 0 spiro atoms. The number of hydrogen-bond donors (Lipinski definition) is 3. The fourth-order valence-corrected chi connectivity index (χ4v) is 5.07. The zero-order valence-corrected chi connectivity index (χ0v) is 21.3. The van der Waals surface area contributed by atoms with Gasteiger partial charge in [-0.3, -0.25) is 9.59 Å². The Morgan fingerprint density at radius 2 is 1.71 bits per heavy atom. The Bertz CT molecular complexity index is 1400. The van der Waals surface area contributed by atoms with Crippen molar-refractivity contribution in [1.29, 1.82) is 0 Å². The van der Waals surface area contributed by atoms with Gasteiger partial charge in [0.25, 0.3) is 5.91 Å². The second kappa shape index (κ2) is 10.7. The summed E-state index contributed by atoms with van der Waals surface area (Å²) in [7, 11) is -4.10. The standard InChI is InChI=1S/C21H18Cl3N5O5S/c1-3-17(35(33,34)11-8-26-10(2)27-9-11)21(32)28-14-7-16(30)15(6-13(14)22)29-20(31)12-4-5-25-19(24)18(12)23/h4-9,17,30H,3H2,1-2H3,(H,28,32)(H,29,31). The summed E-state index contributed by atoms with van der Waals surface area (Å²) in [4.78, 5) is 36.6. The number of aromatic nitrogens is 3. The molecule has 2 aromatic heterocycles. The number of benzene rings is 1. The van der Waals surface area contributed by atoms with Crippen LogP contribution in [-0.4, -0.2) is 45.5 Å². The number of amides is 2. The highest BCUT2D eigenvalue weighted by atomic mass is 35.5. The maximum atomic E-state index is 12.9. The van der Waals surface area contributed by atoms with Gasteiger partial charge in [0.1, 0.15) is 26.9 Å². The minimum absolute atomic E-state index is 0.00986. The van der Waals surface area contributed by atoms with Gasteiger partial charge in [0.15, 0.2) is 9.84 Å². The summed E-state index contributed by atoms with van der Waals surface area (Å²) in [6, 6.07) is 3.59. The number of phenols is 1. The van der Waals surface area contributed by atoms with Gasteiger partial charge in [0.2, 0.25) is 5.91 Å². The number of anilines is 2. The number of aryl methyl sites for hydroxylation is 1. The van der Waals surface area contributed by atoms with Gasteiger partial charge in [0.05, 0.1) is 27.0 Å². The summed E-state index contributed by atoms with van der Waals surface area (Å²) in [5.41, 5.74) is -0.139. The molecule has 1 atom stereocenters. The van der Waals surface area contributed by atoms with Crippen LogP contribution >= 0.6 is 34.8 Å². The van der Waals surface area contributed by atoms with Crippen LogP contribution in [0.15, 0.2) is 41.7 Å². The van der Waals surface area contributed by atoms with E-state index in [4.69, 9.17) is 34.8 Å². The van der Waals surface area contributed by atoms with E-state index < -0.39 is 32.7 Å². The lowest BCUT2D eigenvalue weighted by Crippen LogP contribution is -2.35. The summed E-state index contributed by atoms with van der Waals surface area (Å²) in [5.74, 6) is -1.63. The van der Waals surface area contributed by atoms with E-state index >= 15 is 0 Å². The first kappa shape index (κ1) is 26.6. The second-order valence-electron chi connectivity index (χ2n) is 7.16. The van der Waals surface area contributed by atoms with E-state index in [1.165, 1.54) is 25.3 Å². The highest BCUT2D eigenvalue weighted by Gasteiger charge is 2.33. The molecule has 0 saturated carbocycles. The van der Waals surface area contributed by atoms with Crippen molar-refractivity contribution in [2.75, 3.05) is 10.6 Å². The Balaban J connectivity index is 1.82. The Labute approximate surface area is 215 Å². The topological polar surface area (TPSA) is 151 Å². The number of carbonyl (C=O) groups is 2. The molecule has 2 heterocycles. The molecule has 0 saturated heterocycles. The van der Waals surface area contributed by atoms with Gasteiger partial charge in [-0.05, 0) is 25.5 Å². The van der Waals surface area contributed by atoms with E-state index in [1.807, 2.05) is 0 Å². The number of carbonyl (C=O) groups excluding carboxylic acids is 2. The van der Waals surface area contributed by atoms with Crippen LogP contribution in [0.2, 0.25) is 15.2 Å². The predicted octanol–water partition coefficient (Wildman–Crippen LogP) is 4.29. The fraction of sp³-hybridized carbons (Fsp3) is 0.190. The van der Waals surface area contributed by atoms with Crippen LogP contribution in [-0.2, 0) is 14.6 Å². The number of halogens is 3. The van der Waals surface area contributed by atoms with E-state index in [-0.39, 0.29) is 43.5 Å². The van der Waals surface area contributed by atoms with E-state index in [0.29, 0.717) is 5.82 Å². The monoisotopic (exact) mass is 557 g/mol. The molecule has 35 heavy (non-hydrogen) atoms. The van der Waals surface area contributed by atoms with Crippen molar-refractivity contribution >= 4 is 67.8 Å². The van der Waals surface area contributed by atoms with Crippen molar-refractivity contribution < 1.29 is 23.1 Å². The van der Waals surface area contributed by atoms with Gasteiger partial charge >= 0.3 is 0 Å². The third-order valence-corrected chi connectivity index (χ3v) is 8.05. The number of nitrogens with zero attached hydrogens (tertiary/aromatic N) is 3. The van der Waals surface area contributed by atoms with Crippen molar-refractivity contribution in [3.8, 4) is 5.75 Å². The molecule has 0 aliphatic rings. The molecule has 10 nitrogen and oxygen atoms in total. The minimum atomic E-state index is -4.10. The molecule has 1 unspecified atom stereocenters. The molecule has 3 aromatic rings. The lowest BCUT2D eigenvalue weighted by atomic mass is 10.2. The summed E-state index contributed by atoms with van der Waals surface area (Å²) >= 11 is 18.0. The minimum Gasteiger partial charge on any atom is -0.506 e. The quantitative estimate of drug-likeness (QED) is 0.287. The van der Waals surface area contributed by atoms with Gasteiger partial charge in [0, 0.05) is 24.7 Å². The highest BCUT2D eigenvalue weighted by Crippen LogP contribution is 2.35. The number of aromatic hydroxyl groups is 1. The van der Waals surface area contributed by atoms with Crippen LogP contribution in [0.5, 0.6) is 5.75 Å². The molecule has 3 rings (SSSR count). The van der Waals surface area contributed by atoms with Crippen molar-refractivity contribution in [1.82, 2.24) is 15.0 Å². The predicted molar refractivity (Wildman–Crippen MR) is 132 cm³/mol. The normalized spacial score (nSPS) is 12.1. The zero-order chi connectivity index (χ0) is 25.9. The number of hydrogen-bond acceptors (Lipinski definition) is 8. The number of rotatable bonds is 7. The average molecular weight is 559 g/mol. The van der Waals surface area contributed by atoms with E-state index in [0.717, 1.165) is 18.5 Å². The smallest absolute Gasteiger partial charge is 0.257 e. The van der Waals surface area contributed by atoms with Crippen molar-refractivity contribution in [3.05, 3.63) is 63.4 Å². The van der Waals surface area contributed by atoms with Crippen molar-refractivity contribution in [2.45, 2.75) is 30.4 Å². The SMILES string of the molecule is CCC(C(=O)Nc1cc(O)c(NC(=O)c2ccnc(Cl)c2Cl)cc1Cl)S(=O)(=O)c1cnc(C)nc1. The zero-order valence-electron chi connectivity index (χ0n) is 18.2. The third-order valence-electron chi connectivity index (χ3n) is 4.81. The highest BCUT2D eigenvalue weighted by molar-refractivity contribution is 7.92. The number of pyridine rings is 1. The van der Waals surface area contributed by atoms with Gasteiger partial charge in [-0.15, -0.1) is 0 Å². The summed E-state index contributed by atoms with van der Waals surface area (Å²) in [6.45, 7) is 3.13. The third kappa shape index (κ3) is 5.81. The Hall–Kier alpha value is -2.99. The molecule has 0 fully saturated rings. The van der Waals surface area contributed by atoms with Crippen LogP contribution in [0.1, 0.15) is 29.5 Å². The first-order valence-electron chi connectivity index (χ1n) is 9.93. The van der Waals surface area contributed by atoms with Crippen molar-refractivity contribution in [2.24, 2.45) is 0 Å². The lowest BCUT2D eigenvalue weighted by molar-refractivity contribution is -0.115. The summed E-state index contributed by atoms with van der Waals surface area (Å²) in [6.07, 6.45) is 3.50. The molecule has 0 aliphatic carbocycles. The Kier molecular flexibility index (Phi) is 8.16. The van der Waals surface area contributed by atoms with Crippen LogP contribution in [0.4, 0.5) is 11.4 Å². The lowest BCUT2D eigenvalue weighted by Gasteiger charge is -2.17. The van der Waals surface area contributed by atoms with Crippen LogP contribution < -0.4 is 10.6 Å². The van der Waals surface area contributed by atoms with E-state index in [2.05, 4.69) is 25.6 Å². The molecule has 1 aromatic carbocycles. The maximum Gasteiger partial charge on any atom is 0.257 e. The van der Waals surface area contributed by atoms with Gasteiger partial charge < -0.3 is 15.7 Å². The fourth-order valence-electron chi connectivity index (χ4n) is 2.99. The van der Waals surface area contributed by atoms with E-state index in [9.17, 15) is 23.1 Å². The largest absolute Gasteiger partial charge is 0.506 e. The average Bonchev–Trinajstić information content (AvgIpc) is 2.79. The molecule has 0 aliphatic heterocycles. The molecule has 2 amide bonds. The first-order valence-corrected chi connectivity index (χ1v) is 12.6. The number of phenolic OH excluding ortho intramolecular Hbond substituents is 1. The van der Waals surface area contributed by atoms with E-state index in [1.54, 1.807) is 6.92 Å². The molecule has 0 radical (unpaired) electrons. The Morgan fingerprint density at radius 1 is 1.06 bits per heavy atom. The molecule has 3 N–H and O–H groups in total. The van der Waals surface area contributed by atoms with Gasteiger partial charge in [-0.2, -0.15) is 0 Å². The molecule has 0 bridgehead atoms. The molecular weight excluding hydrogens is 541 g/mol. The van der Waals surface area contributed by atoms with Gasteiger partial charge in [-0.1, -0.05) is 41.7 Å². The summed E-state index contributed by atoms with van der Waals surface area (Å²) < 4.78 is 25.8. The Morgan fingerprint density at radius 3 is 2.34 bits per heavy atom. The van der Waals surface area contributed by atoms with Gasteiger partial charge in [-0.25, -0.2) is 23.4 Å². The molecule has 184 valence electrons. The van der Waals surface area contributed by atoms with Crippen LogP contribution in [0, 0.1) is 6.92 Å². The molecular formula is C21H18Cl3N5O5S. The molecule has 14 heteroatoms. The van der Waals surface area contributed by atoms with Crippen LogP contribution in [0.3, 0.4) is 0 Å². The van der Waals surface area contributed by atoms with Crippen LogP contribution in [0.25, 0.3) is 0 Å². The second-order valence-corrected chi connectivity index (χ2v) is 10.4. The maximum absolute atomic E-state index is 12.9. The summed E-state index contributed by atoms with van der Waals surface area (Å²) in [5, 5.41) is 13.5.